The SMILES string of the molecule is Cc1ccc(OCCn2c(C3CC(=O)N(C4CCCC4)C3)nc3ccccc32)c(C)c1. The highest BCUT2D eigenvalue weighted by molar-refractivity contribution is 5.81. The van der Waals surface area contributed by atoms with Crippen LogP contribution in [0, 0.1) is 13.8 Å². The van der Waals surface area contributed by atoms with E-state index >= 15 is 0 Å². The molecule has 5 nitrogen and oxygen atoms in total. The smallest absolute Gasteiger partial charge is 0.223 e. The molecule has 1 aliphatic heterocycles. The van der Waals surface area contributed by atoms with Crippen molar-refractivity contribution in [1.82, 2.24) is 14.5 Å². The highest BCUT2D eigenvalue weighted by Gasteiger charge is 2.38. The molecule has 5 rings (SSSR count). The summed E-state index contributed by atoms with van der Waals surface area (Å²) in [4.78, 5) is 19.9. The zero-order valence-corrected chi connectivity index (χ0v) is 18.5. The second kappa shape index (κ2) is 8.37. The lowest BCUT2D eigenvalue weighted by Crippen LogP contribution is -2.34. The maximum absolute atomic E-state index is 12.8. The first-order valence-corrected chi connectivity index (χ1v) is 11.5. The first-order valence-electron chi connectivity index (χ1n) is 11.5. The number of rotatable bonds is 6. The van der Waals surface area contributed by atoms with Gasteiger partial charge in [-0.25, -0.2) is 4.98 Å². The van der Waals surface area contributed by atoms with Gasteiger partial charge in [-0.1, -0.05) is 42.7 Å². The Labute approximate surface area is 184 Å². The van der Waals surface area contributed by atoms with Crippen LogP contribution in [-0.4, -0.2) is 39.6 Å². The van der Waals surface area contributed by atoms with Gasteiger partial charge in [-0.05, 0) is 50.5 Å². The van der Waals surface area contributed by atoms with Gasteiger partial charge >= 0.3 is 0 Å². The number of ether oxygens (including phenoxy) is 1. The van der Waals surface area contributed by atoms with Gasteiger partial charge in [-0.3, -0.25) is 4.79 Å². The number of aromatic nitrogens is 2. The Kier molecular flexibility index (Phi) is 5.43. The number of benzene rings is 2. The molecule has 31 heavy (non-hydrogen) atoms. The van der Waals surface area contributed by atoms with Gasteiger partial charge < -0.3 is 14.2 Å². The van der Waals surface area contributed by atoms with Crippen molar-refractivity contribution in [3.63, 3.8) is 0 Å². The molecule has 0 radical (unpaired) electrons. The summed E-state index contributed by atoms with van der Waals surface area (Å²) in [5, 5.41) is 0. The predicted molar refractivity (Wildman–Crippen MR) is 122 cm³/mol. The number of fused-ring (bicyclic) bond motifs is 1. The Bertz CT molecular complexity index is 1100. The van der Waals surface area contributed by atoms with Crippen LogP contribution in [0.4, 0.5) is 0 Å². The fraction of sp³-hybridized carbons (Fsp3) is 0.462. The molecule has 1 atom stereocenters. The lowest BCUT2D eigenvalue weighted by Gasteiger charge is -2.24. The normalized spacial score (nSPS) is 19.6. The fourth-order valence-electron chi connectivity index (χ4n) is 5.32. The van der Waals surface area contributed by atoms with Gasteiger partial charge in [-0.15, -0.1) is 0 Å². The zero-order valence-electron chi connectivity index (χ0n) is 18.5. The molecule has 2 aromatic carbocycles. The number of carbonyl (C=O) groups excluding carboxylic acids is 1. The summed E-state index contributed by atoms with van der Waals surface area (Å²) >= 11 is 0. The van der Waals surface area contributed by atoms with E-state index in [0.29, 0.717) is 25.0 Å². The van der Waals surface area contributed by atoms with Crippen molar-refractivity contribution in [2.24, 2.45) is 0 Å². The number of imidazole rings is 1. The van der Waals surface area contributed by atoms with E-state index in [4.69, 9.17) is 9.72 Å². The number of likely N-dealkylation sites (tertiary alicyclic amines) is 1. The number of carbonyl (C=O) groups is 1. The molecule has 162 valence electrons. The van der Waals surface area contributed by atoms with E-state index in [1.165, 1.54) is 18.4 Å². The van der Waals surface area contributed by atoms with Gasteiger partial charge in [0.05, 0.1) is 17.6 Å². The lowest BCUT2D eigenvalue weighted by atomic mass is 10.1. The highest BCUT2D eigenvalue weighted by Crippen LogP contribution is 2.35. The molecule has 0 spiro atoms. The molecule has 1 aliphatic carbocycles. The van der Waals surface area contributed by atoms with Crippen LogP contribution in [-0.2, 0) is 11.3 Å². The second-order valence-corrected chi connectivity index (χ2v) is 9.11. The van der Waals surface area contributed by atoms with Crippen molar-refractivity contribution in [1.29, 1.82) is 0 Å². The van der Waals surface area contributed by atoms with Crippen LogP contribution in [0.2, 0.25) is 0 Å². The molecule has 1 saturated carbocycles. The zero-order chi connectivity index (χ0) is 21.4. The Morgan fingerprint density at radius 3 is 2.71 bits per heavy atom. The van der Waals surface area contributed by atoms with Crippen LogP contribution in [0.1, 0.15) is 55.0 Å². The molecule has 1 aromatic heterocycles. The van der Waals surface area contributed by atoms with Gasteiger partial charge in [0.25, 0.3) is 0 Å². The molecule has 1 amide bonds. The largest absolute Gasteiger partial charge is 0.491 e. The third-order valence-corrected chi connectivity index (χ3v) is 6.88. The number of para-hydroxylation sites is 2. The van der Waals surface area contributed by atoms with Crippen molar-refractivity contribution in [2.45, 2.75) is 64.5 Å². The minimum atomic E-state index is 0.154. The summed E-state index contributed by atoms with van der Waals surface area (Å²) < 4.78 is 8.40. The van der Waals surface area contributed by atoms with Crippen LogP contribution in [0.25, 0.3) is 11.0 Å². The van der Waals surface area contributed by atoms with Crippen molar-refractivity contribution in [3.8, 4) is 5.75 Å². The van der Waals surface area contributed by atoms with E-state index in [2.05, 4.69) is 53.6 Å². The number of aryl methyl sites for hydroxylation is 2. The van der Waals surface area contributed by atoms with Gasteiger partial charge in [0.15, 0.2) is 0 Å². The van der Waals surface area contributed by atoms with E-state index in [-0.39, 0.29) is 5.92 Å². The molecular weight excluding hydrogens is 386 g/mol. The van der Waals surface area contributed by atoms with Crippen LogP contribution in [0.5, 0.6) is 5.75 Å². The number of amides is 1. The molecule has 3 aromatic rings. The van der Waals surface area contributed by atoms with Gasteiger partial charge in [0.2, 0.25) is 5.91 Å². The molecule has 0 bridgehead atoms. The van der Waals surface area contributed by atoms with Crippen LogP contribution >= 0.6 is 0 Å². The van der Waals surface area contributed by atoms with E-state index in [1.807, 2.05) is 12.1 Å². The van der Waals surface area contributed by atoms with Crippen LogP contribution in [0.15, 0.2) is 42.5 Å². The van der Waals surface area contributed by atoms with Gasteiger partial charge in [0, 0.05) is 24.9 Å². The van der Waals surface area contributed by atoms with Crippen molar-refractivity contribution in [3.05, 3.63) is 59.4 Å². The fourth-order valence-corrected chi connectivity index (χ4v) is 5.32. The van der Waals surface area contributed by atoms with E-state index in [9.17, 15) is 4.79 Å². The van der Waals surface area contributed by atoms with Crippen molar-refractivity contribution in [2.75, 3.05) is 13.2 Å². The van der Waals surface area contributed by atoms with Crippen molar-refractivity contribution >= 4 is 16.9 Å². The Balaban J connectivity index is 1.37. The first-order chi connectivity index (χ1) is 15.1. The van der Waals surface area contributed by atoms with Crippen molar-refractivity contribution < 1.29 is 9.53 Å². The number of hydrogen-bond acceptors (Lipinski definition) is 3. The number of nitrogens with zero attached hydrogens (tertiary/aromatic N) is 3. The van der Waals surface area contributed by atoms with Crippen LogP contribution in [0.3, 0.4) is 0 Å². The maximum Gasteiger partial charge on any atom is 0.223 e. The summed E-state index contributed by atoms with van der Waals surface area (Å²) in [6, 6.07) is 15.0. The second-order valence-electron chi connectivity index (χ2n) is 9.11. The predicted octanol–water partition coefficient (Wildman–Crippen LogP) is 4.99. The van der Waals surface area contributed by atoms with Gasteiger partial charge in [-0.2, -0.15) is 0 Å². The average Bonchev–Trinajstić information content (AvgIpc) is 3.48. The first kappa shape index (κ1) is 20.1. The highest BCUT2D eigenvalue weighted by atomic mass is 16.5. The van der Waals surface area contributed by atoms with Gasteiger partial charge in [0.1, 0.15) is 18.2 Å². The number of hydrogen-bond donors (Lipinski definition) is 0. The molecule has 2 fully saturated rings. The average molecular weight is 418 g/mol. The topological polar surface area (TPSA) is 47.4 Å². The molecule has 2 aliphatic rings. The maximum atomic E-state index is 12.8. The van der Waals surface area contributed by atoms with E-state index in [0.717, 1.165) is 54.1 Å². The molecule has 0 N–H and O–H groups in total. The standard InChI is InChI=1S/C26H31N3O2/c1-18-11-12-24(19(2)15-18)31-14-13-28-23-10-6-5-9-22(23)27-26(28)20-16-25(30)29(17-20)21-7-3-4-8-21/h5-6,9-12,15,20-21H,3-4,7-8,13-14,16-17H2,1-2H3. The Morgan fingerprint density at radius 2 is 1.90 bits per heavy atom. The summed E-state index contributed by atoms with van der Waals surface area (Å²) in [5.41, 5.74) is 4.51. The lowest BCUT2D eigenvalue weighted by molar-refractivity contribution is -0.129. The molecule has 5 heteroatoms. The Morgan fingerprint density at radius 1 is 1.10 bits per heavy atom. The van der Waals surface area contributed by atoms with E-state index < -0.39 is 0 Å². The quantitative estimate of drug-likeness (QED) is 0.568. The third-order valence-electron chi connectivity index (χ3n) is 6.88. The minimum Gasteiger partial charge on any atom is -0.491 e. The summed E-state index contributed by atoms with van der Waals surface area (Å²) in [6.07, 6.45) is 5.36. The summed E-state index contributed by atoms with van der Waals surface area (Å²) in [5.74, 6) is 2.41. The molecule has 2 heterocycles. The van der Waals surface area contributed by atoms with E-state index in [1.54, 1.807) is 0 Å². The molecular formula is C26H31N3O2. The molecule has 1 saturated heterocycles. The minimum absolute atomic E-state index is 0.154. The monoisotopic (exact) mass is 417 g/mol. The summed E-state index contributed by atoms with van der Waals surface area (Å²) in [7, 11) is 0. The van der Waals surface area contributed by atoms with Crippen LogP contribution < -0.4 is 4.74 Å². The third kappa shape index (κ3) is 3.93. The summed E-state index contributed by atoms with van der Waals surface area (Å²) in [6.45, 7) is 6.27. The Hall–Kier alpha value is -2.82. The molecule has 1 unspecified atom stereocenters.